The van der Waals surface area contributed by atoms with E-state index in [1.807, 2.05) is 6.07 Å². The van der Waals surface area contributed by atoms with Crippen LogP contribution in [0.1, 0.15) is 0 Å². The highest BCUT2D eigenvalue weighted by Gasteiger charge is 2.23. The standard InChI is InChI=1S/C50H32N4/c1-3-17-34(18-4-1)42-32-43(37-26-15-19-33-16-7-8-22-36(33)37)52-50(51-42)41-25-11-14-29-46(41)54-45-28-13-10-24-40(45)48-47(54)31-30-39-38-23-9-12-27-44(38)53(49(39)48)35-20-5-2-6-21-35/h1-32H. The summed E-state index contributed by atoms with van der Waals surface area (Å²) in [5.74, 6) is 0.681. The van der Waals surface area contributed by atoms with E-state index in [-0.39, 0.29) is 0 Å². The number of nitrogens with zero attached hydrogens (tertiary/aromatic N) is 4. The van der Waals surface area contributed by atoms with Gasteiger partial charge in [-0.05, 0) is 59.3 Å². The topological polar surface area (TPSA) is 35.6 Å². The SMILES string of the molecule is c1ccc(-c2cc(-c3cccc4ccccc34)nc(-c3ccccc3-n3c4ccccc4c4c3ccc3c5ccccc5n(-c5ccccc5)c34)n2)cc1. The van der Waals surface area contributed by atoms with Crippen LogP contribution in [0.5, 0.6) is 0 Å². The van der Waals surface area contributed by atoms with E-state index < -0.39 is 0 Å². The summed E-state index contributed by atoms with van der Waals surface area (Å²) in [7, 11) is 0. The summed E-state index contributed by atoms with van der Waals surface area (Å²) in [5, 5.41) is 7.23. The molecule has 0 N–H and O–H groups in total. The molecule has 0 amide bonds. The molecule has 0 saturated carbocycles. The molecule has 8 aromatic carbocycles. The summed E-state index contributed by atoms with van der Waals surface area (Å²) in [6.45, 7) is 0. The molecule has 0 atom stereocenters. The number of para-hydroxylation sites is 4. The molecule has 0 fully saturated rings. The summed E-state index contributed by atoms with van der Waals surface area (Å²) in [4.78, 5) is 10.7. The van der Waals surface area contributed by atoms with Crippen LogP contribution < -0.4 is 0 Å². The molecular weight excluding hydrogens is 657 g/mol. The van der Waals surface area contributed by atoms with Crippen LogP contribution in [0.25, 0.3) is 99.7 Å². The summed E-state index contributed by atoms with van der Waals surface area (Å²) in [6, 6.07) is 68.9. The molecule has 11 rings (SSSR count). The van der Waals surface area contributed by atoms with Crippen LogP contribution >= 0.6 is 0 Å². The summed E-state index contributed by atoms with van der Waals surface area (Å²) < 4.78 is 4.83. The molecule has 0 spiro atoms. The fraction of sp³-hybridized carbons (Fsp3) is 0. The number of hydrogen-bond donors (Lipinski definition) is 0. The lowest BCUT2D eigenvalue weighted by molar-refractivity contribution is 1.14. The lowest BCUT2D eigenvalue weighted by Crippen LogP contribution is -2.01. The summed E-state index contributed by atoms with van der Waals surface area (Å²) >= 11 is 0. The maximum Gasteiger partial charge on any atom is 0.162 e. The molecule has 3 heterocycles. The van der Waals surface area contributed by atoms with Gasteiger partial charge in [-0.3, -0.25) is 0 Å². The third-order valence-electron chi connectivity index (χ3n) is 10.7. The van der Waals surface area contributed by atoms with Crippen molar-refractivity contribution in [2.24, 2.45) is 0 Å². The minimum absolute atomic E-state index is 0.681. The highest BCUT2D eigenvalue weighted by molar-refractivity contribution is 6.26. The van der Waals surface area contributed by atoms with Gasteiger partial charge in [0.15, 0.2) is 5.82 Å². The Morgan fingerprint density at radius 3 is 1.81 bits per heavy atom. The highest BCUT2D eigenvalue weighted by atomic mass is 15.0. The normalized spacial score (nSPS) is 11.7. The first-order valence-electron chi connectivity index (χ1n) is 18.3. The predicted octanol–water partition coefficient (Wildman–Crippen LogP) is 12.8. The largest absolute Gasteiger partial charge is 0.309 e. The second-order valence-corrected chi connectivity index (χ2v) is 13.8. The van der Waals surface area contributed by atoms with Gasteiger partial charge in [-0.25, -0.2) is 9.97 Å². The molecule has 0 unspecified atom stereocenters. The van der Waals surface area contributed by atoms with Gasteiger partial charge in [-0.2, -0.15) is 0 Å². The smallest absolute Gasteiger partial charge is 0.162 e. The molecule has 0 radical (unpaired) electrons. The molecule has 54 heavy (non-hydrogen) atoms. The van der Waals surface area contributed by atoms with Crippen LogP contribution in [0.2, 0.25) is 0 Å². The second-order valence-electron chi connectivity index (χ2n) is 13.8. The Morgan fingerprint density at radius 2 is 0.981 bits per heavy atom. The Kier molecular flexibility index (Phi) is 6.82. The Bertz CT molecular complexity index is 3200. The fourth-order valence-electron chi connectivity index (χ4n) is 8.38. The van der Waals surface area contributed by atoms with Crippen molar-refractivity contribution in [3.63, 3.8) is 0 Å². The van der Waals surface area contributed by atoms with Gasteiger partial charge in [0.1, 0.15) is 0 Å². The Balaban J connectivity index is 1.22. The van der Waals surface area contributed by atoms with E-state index in [0.29, 0.717) is 5.82 Å². The van der Waals surface area contributed by atoms with Gasteiger partial charge in [-0.15, -0.1) is 0 Å². The zero-order valence-corrected chi connectivity index (χ0v) is 29.3. The zero-order valence-electron chi connectivity index (χ0n) is 29.3. The highest BCUT2D eigenvalue weighted by Crippen LogP contribution is 2.43. The molecule has 4 nitrogen and oxygen atoms in total. The maximum atomic E-state index is 5.38. The van der Waals surface area contributed by atoms with E-state index >= 15 is 0 Å². The lowest BCUT2D eigenvalue weighted by Gasteiger charge is -2.15. The van der Waals surface area contributed by atoms with Gasteiger partial charge < -0.3 is 9.13 Å². The van der Waals surface area contributed by atoms with Crippen molar-refractivity contribution in [2.45, 2.75) is 0 Å². The van der Waals surface area contributed by atoms with E-state index in [4.69, 9.17) is 9.97 Å². The van der Waals surface area contributed by atoms with Crippen LogP contribution in [-0.2, 0) is 0 Å². The first kappa shape index (κ1) is 30.3. The Labute approximate surface area is 311 Å². The molecule has 3 aromatic heterocycles. The van der Waals surface area contributed by atoms with Crippen molar-refractivity contribution in [3.8, 4) is 45.3 Å². The van der Waals surface area contributed by atoms with E-state index in [2.05, 4.69) is 197 Å². The van der Waals surface area contributed by atoms with Crippen LogP contribution in [-0.4, -0.2) is 19.1 Å². The third kappa shape index (κ3) is 4.64. The van der Waals surface area contributed by atoms with Crippen molar-refractivity contribution < 1.29 is 0 Å². The van der Waals surface area contributed by atoms with Crippen LogP contribution in [0, 0.1) is 0 Å². The molecule has 0 aliphatic carbocycles. The fourth-order valence-corrected chi connectivity index (χ4v) is 8.38. The van der Waals surface area contributed by atoms with Gasteiger partial charge in [0, 0.05) is 43.9 Å². The molecule has 0 aliphatic rings. The predicted molar refractivity (Wildman–Crippen MR) is 225 cm³/mol. The monoisotopic (exact) mass is 688 g/mol. The minimum atomic E-state index is 0.681. The molecular formula is C50H32N4. The Hall–Kier alpha value is -7.30. The number of benzene rings is 8. The van der Waals surface area contributed by atoms with Gasteiger partial charge in [0.05, 0.1) is 39.1 Å². The van der Waals surface area contributed by atoms with Gasteiger partial charge in [0.2, 0.25) is 0 Å². The van der Waals surface area contributed by atoms with Crippen LogP contribution in [0.15, 0.2) is 194 Å². The van der Waals surface area contributed by atoms with Crippen molar-refractivity contribution in [1.82, 2.24) is 19.1 Å². The van der Waals surface area contributed by atoms with E-state index in [1.165, 1.54) is 38.0 Å². The first-order valence-corrected chi connectivity index (χ1v) is 18.3. The molecule has 252 valence electrons. The summed E-state index contributed by atoms with van der Waals surface area (Å²) in [5.41, 5.74) is 11.7. The second kappa shape index (κ2) is 12.1. The van der Waals surface area contributed by atoms with Crippen LogP contribution in [0.4, 0.5) is 0 Å². The van der Waals surface area contributed by atoms with Gasteiger partial charge in [-0.1, -0.05) is 146 Å². The molecule has 0 bridgehead atoms. The van der Waals surface area contributed by atoms with Crippen molar-refractivity contribution in [2.75, 3.05) is 0 Å². The molecule has 11 aromatic rings. The van der Waals surface area contributed by atoms with E-state index in [9.17, 15) is 0 Å². The van der Waals surface area contributed by atoms with E-state index in [0.717, 1.165) is 55.9 Å². The number of fused-ring (bicyclic) bond motifs is 8. The van der Waals surface area contributed by atoms with Gasteiger partial charge >= 0.3 is 0 Å². The Morgan fingerprint density at radius 1 is 0.370 bits per heavy atom. The quantitative estimate of drug-likeness (QED) is 0.180. The minimum Gasteiger partial charge on any atom is -0.309 e. The summed E-state index contributed by atoms with van der Waals surface area (Å²) in [6.07, 6.45) is 0. The number of aromatic nitrogens is 4. The third-order valence-corrected chi connectivity index (χ3v) is 10.7. The maximum absolute atomic E-state index is 5.38. The molecule has 0 saturated heterocycles. The van der Waals surface area contributed by atoms with Crippen molar-refractivity contribution in [3.05, 3.63) is 194 Å². The first-order chi connectivity index (χ1) is 26.8. The van der Waals surface area contributed by atoms with Gasteiger partial charge in [0.25, 0.3) is 0 Å². The average Bonchev–Trinajstić information content (AvgIpc) is 3.77. The van der Waals surface area contributed by atoms with Crippen LogP contribution in [0.3, 0.4) is 0 Å². The molecule has 4 heteroatoms. The van der Waals surface area contributed by atoms with E-state index in [1.54, 1.807) is 0 Å². The lowest BCUT2D eigenvalue weighted by atomic mass is 10.0. The average molecular weight is 689 g/mol. The molecule has 0 aliphatic heterocycles. The number of rotatable bonds is 5. The number of hydrogen-bond acceptors (Lipinski definition) is 2. The van der Waals surface area contributed by atoms with Crippen molar-refractivity contribution in [1.29, 1.82) is 0 Å². The van der Waals surface area contributed by atoms with Crippen molar-refractivity contribution >= 4 is 54.4 Å². The zero-order chi connectivity index (χ0) is 35.6.